The quantitative estimate of drug-likeness (QED) is 0.807. The molecule has 1 atom stereocenters. The van der Waals surface area contributed by atoms with E-state index in [0.29, 0.717) is 23.3 Å². The number of hydrogen-bond donors (Lipinski definition) is 1. The average Bonchev–Trinajstić information content (AvgIpc) is 2.82. The highest BCUT2D eigenvalue weighted by Gasteiger charge is 2.41. The molecule has 0 saturated heterocycles. The largest absolute Gasteiger partial charge is 0.496 e. The number of ether oxygens (including phenoxy) is 2. The summed E-state index contributed by atoms with van der Waals surface area (Å²) < 4.78 is 49.9. The number of hydrogen-bond acceptors (Lipinski definition) is 3. The van der Waals surface area contributed by atoms with Crippen LogP contribution in [0.25, 0.3) is 11.1 Å². The predicted molar refractivity (Wildman–Crippen MR) is 94.3 cm³/mol. The van der Waals surface area contributed by atoms with Crippen molar-refractivity contribution in [2.24, 2.45) is 11.1 Å². The number of rotatable bonds is 3. The molecule has 0 heterocycles. The van der Waals surface area contributed by atoms with Crippen molar-refractivity contribution < 1.29 is 27.4 Å². The molecule has 2 N–H and O–H groups in total. The Morgan fingerprint density at radius 2 is 1.89 bits per heavy atom. The molecule has 0 fully saturated rings. The van der Waals surface area contributed by atoms with Crippen LogP contribution < -0.4 is 10.5 Å². The topological polar surface area (TPSA) is 61.6 Å². The summed E-state index contributed by atoms with van der Waals surface area (Å²) in [4.78, 5) is 11.2. The van der Waals surface area contributed by atoms with Gasteiger partial charge in [0.15, 0.2) is 0 Å². The van der Waals surface area contributed by atoms with Crippen molar-refractivity contribution >= 4 is 6.09 Å². The fourth-order valence-corrected chi connectivity index (χ4v) is 3.64. The minimum absolute atomic E-state index is 0.352. The zero-order valence-corrected chi connectivity index (χ0v) is 15.2. The smallest absolute Gasteiger partial charge is 0.416 e. The summed E-state index contributed by atoms with van der Waals surface area (Å²) in [5.74, 6) is 0.352. The SMILES string of the molecule is COc1ccc(C(F)(F)F)cc1-c1ccc2c(c1)CC(C)(C)C2OC(N)=O. The van der Waals surface area contributed by atoms with E-state index in [4.69, 9.17) is 15.2 Å². The van der Waals surface area contributed by atoms with Crippen molar-refractivity contribution in [2.75, 3.05) is 7.11 Å². The summed E-state index contributed by atoms with van der Waals surface area (Å²) >= 11 is 0. The molecular weight excluding hydrogens is 359 g/mol. The van der Waals surface area contributed by atoms with Gasteiger partial charge in [-0.2, -0.15) is 13.2 Å². The number of primary amides is 1. The summed E-state index contributed by atoms with van der Waals surface area (Å²) in [5.41, 5.74) is 6.75. The lowest BCUT2D eigenvalue weighted by molar-refractivity contribution is -0.137. The fraction of sp³-hybridized carbons (Fsp3) is 0.350. The number of benzene rings is 2. The van der Waals surface area contributed by atoms with E-state index < -0.39 is 23.9 Å². The molecule has 2 aromatic rings. The van der Waals surface area contributed by atoms with Gasteiger partial charge in [0.05, 0.1) is 12.7 Å². The second-order valence-electron chi connectivity index (χ2n) is 7.31. The Morgan fingerprint density at radius 3 is 2.48 bits per heavy atom. The predicted octanol–water partition coefficient (Wildman–Crippen LogP) is 5.10. The number of halogens is 3. The van der Waals surface area contributed by atoms with Crippen LogP contribution in [0, 0.1) is 5.41 Å². The van der Waals surface area contributed by atoms with Crippen molar-refractivity contribution in [1.29, 1.82) is 0 Å². The number of carbonyl (C=O) groups excluding carboxylic acids is 1. The minimum atomic E-state index is -4.44. The molecule has 0 bridgehead atoms. The van der Waals surface area contributed by atoms with Crippen LogP contribution in [-0.2, 0) is 17.3 Å². The van der Waals surface area contributed by atoms with E-state index in [9.17, 15) is 18.0 Å². The van der Waals surface area contributed by atoms with Gasteiger partial charge < -0.3 is 15.2 Å². The van der Waals surface area contributed by atoms with Gasteiger partial charge in [0.25, 0.3) is 0 Å². The molecule has 7 heteroatoms. The van der Waals surface area contributed by atoms with Crippen molar-refractivity contribution in [1.82, 2.24) is 0 Å². The first-order valence-corrected chi connectivity index (χ1v) is 8.37. The fourth-order valence-electron chi connectivity index (χ4n) is 3.64. The maximum absolute atomic E-state index is 13.1. The zero-order valence-electron chi connectivity index (χ0n) is 15.2. The zero-order chi connectivity index (χ0) is 20.0. The highest BCUT2D eigenvalue weighted by atomic mass is 19.4. The maximum Gasteiger partial charge on any atom is 0.416 e. The Morgan fingerprint density at radius 1 is 1.19 bits per heavy atom. The minimum Gasteiger partial charge on any atom is -0.496 e. The number of alkyl halides is 3. The molecule has 4 nitrogen and oxygen atoms in total. The molecule has 0 aromatic heterocycles. The van der Waals surface area contributed by atoms with Crippen molar-refractivity contribution in [3.63, 3.8) is 0 Å². The molecule has 0 spiro atoms. The lowest BCUT2D eigenvalue weighted by Crippen LogP contribution is -2.25. The van der Waals surface area contributed by atoms with Gasteiger partial charge in [-0.05, 0) is 41.3 Å². The number of fused-ring (bicyclic) bond motifs is 1. The summed E-state index contributed by atoms with van der Waals surface area (Å²) in [7, 11) is 1.42. The van der Waals surface area contributed by atoms with Crippen molar-refractivity contribution in [2.45, 2.75) is 32.5 Å². The molecule has 1 amide bonds. The third-order valence-corrected chi connectivity index (χ3v) is 4.85. The number of methoxy groups -OCH3 is 1. The van der Waals surface area contributed by atoms with Crippen molar-refractivity contribution in [3.8, 4) is 16.9 Å². The van der Waals surface area contributed by atoms with E-state index in [-0.39, 0.29) is 5.41 Å². The van der Waals surface area contributed by atoms with E-state index in [1.165, 1.54) is 13.2 Å². The monoisotopic (exact) mass is 379 g/mol. The third kappa shape index (κ3) is 3.59. The normalized spacial score (nSPS) is 18.1. The van der Waals surface area contributed by atoms with Gasteiger partial charge in [-0.25, -0.2) is 4.79 Å². The summed E-state index contributed by atoms with van der Waals surface area (Å²) in [6.07, 6.45) is -5.19. The highest BCUT2D eigenvalue weighted by Crippen LogP contribution is 2.49. The Balaban J connectivity index is 2.08. The standard InChI is InChI=1S/C20H20F3NO3/c1-19(2)10-12-8-11(4-6-14(12)17(19)27-18(24)25)15-9-13(20(21,22)23)5-7-16(15)26-3/h4-9,17H,10H2,1-3H3,(H2,24,25). The van der Waals surface area contributed by atoms with Gasteiger partial charge in [0, 0.05) is 11.0 Å². The molecule has 1 aliphatic rings. The van der Waals surface area contributed by atoms with Crippen LogP contribution in [0.3, 0.4) is 0 Å². The Bertz CT molecular complexity index is 891. The number of nitrogens with two attached hydrogens (primary N) is 1. The summed E-state index contributed by atoms with van der Waals surface area (Å²) in [6, 6.07) is 8.68. The molecule has 2 aromatic carbocycles. The lowest BCUT2D eigenvalue weighted by Gasteiger charge is -2.26. The summed E-state index contributed by atoms with van der Waals surface area (Å²) in [5, 5.41) is 0. The van der Waals surface area contributed by atoms with Gasteiger partial charge in [-0.3, -0.25) is 0 Å². The van der Waals surface area contributed by atoms with Crippen LogP contribution in [0.5, 0.6) is 5.75 Å². The van der Waals surface area contributed by atoms with E-state index in [1.807, 2.05) is 19.9 Å². The van der Waals surface area contributed by atoms with Crippen LogP contribution >= 0.6 is 0 Å². The van der Waals surface area contributed by atoms with Crippen LogP contribution in [0.1, 0.15) is 36.6 Å². The molecule has 1 unspecified atom stereocenters. The molecule has 3 rings (SSSR count). The molecule has 0 radical (unpaired) electrons. The van der Waals surface area contributed by atoms with Crippen molar-refractivity contribution in [3.05, 3.63) is 53.1 Å². The molecule has 0 aliphatic heterocycles. The van der Waals surface area contributed by atoms with Gasteiger partial charge in [0.2, 0.25) is 0 Å². The molecule has 27 heavy (non-hydrogen) atoms. The van der Waals surface area contributed by atoms with Crippen LogP contribution in [0.2, 0.25) is 0 Å². The first-order chi connectivity index (χ1) is 12.5. The van der Waals surface area contributed by atoms with Gasteiger partial charge in [-0.15, -0.1) is 0 Å². The Kier molecular flexibility index (Phi) is 4.57. The van der Waals surface area contributed by atoms with Crippen LogP contribution in [0.15, 0.2) is 36.4 Å². The maximum atomic E-state index is 13.1. The third-order valence-electron chi connectivity index (χ3n) is 4.85. The van der Waals surface area contributed by atoms with Crippen LogP contribution in [0.4, 0.5) is 18.0 Å². The lowest BCUT2D eigenvalue weighted by atomic mass is 9.87. The molecule has 1 aliphatic carbocycles. The average molecular weight is 379 g/mol. The second kappa shape index (κ2) is 6.48. The Labute approximate surface area is 155 Å². The molecule has 144 valence electrons. The van der Waals surface area contributed by atoms with Gasteiger partial charge in [-0.1, -0.05) is 32.0 Å². The van der Waals surface area contributed by atoms with E-state index in [1.54, 1.807) is 12.1 Å². The molecule has 0 saturated carbocycles. The number of amides is 1. The second-order valence-corrected chi connectivity index (χ2v) is 7.31. The first kappa shape index (κ1) is 19.1. The summed E-state index contributed by atoms with van der Waals surface area (Å²) in [6.45, 7) is 3.90. The van der Waals surface area contributed by atoms with E-state index in [2.05, 4.69) is 0 Å². The van der Waals surface area contributed by atoms with Crippen LogP contribution in [-0.4, -0.2) is 13.2 Å². The van der Waals surface area contributed by atoms with E-state index >= 15 is 0 Å². The van der Waals surface area contributed by atoms with E-state index in [0.717, 1.165) is 23.3 Å². The van der Waals surface area contributed by atoms with Gasteiger partial charge >= 0.3 is 12.3 Å². The highest BCUT2D eigenvalue weighted by molar-refractivity contribution is 5.73. The molecular formula is C20H20F3NO3. The van der Waals surface area contributed by atoms with Gasteiger partial charge in [0.1, 0.15) is 11.9 Å². The first-order valence-electron chi connectivity index (χ1n) is 8.37. The number of carbonyl (C=O) groups is 1. The Hall–Kier alpha value is -2.70.